The Kier molecular flexibility index (Phi) is 6.57. The van der Waals surface area contributed by atoms with Gasteiger partial charge in [0.05, 0.1) is 11.5 Å². The number of ketones is 2. The van der Waals surface area contributed by atoms with E-state index in [-0.39, 0.29) is 16.9 Å². The van der Waals surface area contributed by atoms with Crippen molar-refractivity contribution < 1.29 is 44.3 Å². The molecule has 38 heavy (non-hydrogen) atoms. The van der Waals surface area contributed by atoms with Gasteiger partial charge < -0.3 is 30.9 Å². The van der Waals surface area contributed by atoms with E-state index in [1.807, 2.05) is 22.6 Å². The number of primary amides is 1. The Hall–Kier alpha value is -2.93. The number of phenols is 1. The van der Waals surface area contributed by atoms with Crippen LogP contribution in [0.2, 0.25) is 0 Å². The van der Waals surface area contributed by atoms with Crippen LogP contribution in [-0.2, 0) is 23.9 Å². The van der Waals surface area contributed by atoms with Gasteiger partial charge in [0.15, 0.2) is 11.4 Å². The number of fused-ring (bicyclic) bond motifs is 3. The molecule has 2 saturated carbocycles. The third-order valence-corrected chi connectivity index (χ3v) is 9.53. The van der Waals surface area contributed by atoms with E-state index in [0.717, 1.165) is 19.3 Å². The zero-order chi connectivity index (χ0) is 27.7. The molecule has 4 aliphatic carbocycles. The van der Waals surface area contributed by atoms with Crippen LogP contribution in [0.3, 0.4) is 0 Å². The molecule has 0 saturated heterocycles. The molecule has 0 spiro atoms. The highest BCUT2D eigenvalue weighted by molar-refractivity contribution is 14.1. The van der Waals surface area contributed by atoms with Crippen molar-refractivity contribution >= 4 is 51.8 Å². The number of rotatable bonds is 3. The number of ether oxygens (including phenoxy) is 1. The Morgan fingerprint density at radius 2 is 1.76 bits per heavy atom. The van der Waals surface area contributed by atoms with Crippen molar-refractivity contribution in [3.63, 3.8) is 0 Å². The maximum atomic E-state index is 13.9. The molecule has 202 valence electrons. The minimum absolute atomic E-state index is 0.00566. The van der Waals surface area contributed by atoms with Crippen LogP contribution in [0.25, 0.3) is 5.76 Å². The molecule has 5 atom stereocenters. The van der Waals surface area contributed by atoms with E-state index in [2.05, 4.69) is 0 Å². The third kappa shape index (κ3) is 3.69. The van der Waals surface area contributed by atoms with Crippen molar-refractivity contribution in [1.82, 2.24) is 0 Å². The van der Waals surface area contributed by atoms with E-state index in [1.165, 1.54) is 6.07 Å². The number of aromatic hydroxyl groups is 1. The van der Waals surface area contributed by atoms with Crippen molar-refractivity contribution in [1.29, 1.82) is 0 Å². The Balaban J connectivity index is 1.74. The van der Waals surface area contributed by atoms with Gasteiger partial charge in [-0.2, -0.15) is 0 Å². The lowest BCUT2D eigenvalue weighted by molar-refractivity contribution is -0.182. The zero-order valence-corrected chi connectivity index (χ0v) is 22.7. The number of halogens is 1. The monoisotopic (exact) mass is 637 g/mol. The third-order valence-electron chi connectivity index (χ3n) is 8.59. The molecule has 0 bridgehead atoms. The lowest BCUT2D eigenvalue weighted by atomic mass is 9.55. The standard InChI is InChI=1S/C27H28INO9/c1-10-16-13(28)7-8-14(30)18(16)21(32)20-17(10)22(38-26(36)11-5-3-2-4-6-11)12-9-15(31)19(25(29)35)23(33)27(12,37)24(20)34/h7-8,10-12,17,22,30,32-33,37H,2-6,9H2,1H3,(H2,29,35)/t10-,12+,17+,22+,27+/m0/s1. The van der Waals surface area contributed by atoms with Crippen LogP contribution in [0.15, 0.2) is 29.0 Å². The van der Waals surface area contributed by atoms with Gasteiger partial charge in [-0.05, 0) is 59.0 Å². The van der Waals surface area contributed by atoms with Crippen molar-refractivity contribution in [3.8, 4) is 5.75 Å². The predicted molar refractivity (Wildman–Crippen MR) is 141 cm³/mol. The molecule has 11 heteroatoms. The minimum atomic E-state index is -2.86. The number of Topliss-reactive ketones (excluding diaryl/α,β-unsaturated/α-hetero) is 2. The molecule has 0 unspecified atom stereocenters. The summed E-state index contributed by atoms with van der Waals surface area (Å²) in [5, 5.41) is 44.7. The van der Waals surface area contributed by atoms with Crippen molar-refractivity contribution in [2.75, 3.05) is 0 Å². The highest BCUT2D eigenvalue weighted by Crippen LogP contribution is 2.57. The van der Waals surface area contributed by atoms with Gasteiger partial charge in [-0.3, -0.25) is 19.2 Å². The first-order valence-corrected chi connectivity index (χ1v) is 13.7. The first-order chi connectivity index (χ1) is 17.9. The maximum absolute atomic E-state index is 13.9. The molecule has 6 N–H and O–H groups in total. The Bertz CT molecular complexity index is 1340. The van der Waals surface area contributed by atoms with Gasteiger partial charge in [0.2, 0.25) is 5.78 Å². The van der Waals surface area contributed by atoms with Crippen LogP contribution in [-0.4, -0.2) is 55.6 Å². The van der Waals surface area contributed by atoms with Crippen LogP contribution >= 0.6 is 22.6 Å². The smallest absolute Gasteiger partial charge is 0.309 e. The second-order valence-electron chi connectivity index (χ2n) is 10.6. The molecule has 5 rings (SSSR count). The van der Waals surface area contributed by atoms with Crippen molar-refractivity contribution in [3.05, 3.63) is 43.7 Å². The van der Waals surface area contributed by atoms with Gasteiger partial charge in [-0.1, -0.05) is 26.2 Å². The predicted octanol–water partition coefficient (Wildman–Crippen LogP) is 2.69. The van der Waals surface area contributed by atoms with E-state index in [1.54, 1.807) is 13.0 Å². The number of aliphatic hydroxyl groups excluding tert-OH is 2. The summed E-state index contributed by atoms with van der Waals surface area (Å²) >= 11 is 2.04. The normalized spacial score (nSPS) is 31.4. The molecular weight excluding hydrogens is 609 g/mol. The van der Waals surface area contributed by atoms with E-state index in [9.17, 15) is 39.6 Å². The van der Waals surface area contributed by atoms with Gasteiger partial charge in [0.25, 0.3) is 5.91 Å². The molecule has 0 heterocycles. The number of aliphatic hydroxyl groups is 3. The van der Waals surface area contributed by atoms with Crippen LogP contribution < -0.4 is 5.73 Å². The van der Waals surface area contributed by atoms with Crippen LogP contribution in [0.1, 0.15) is 62.5 Å². The summed E-state index contributed by atoms with van der Waals surface area (Å²) in [5.74, 6) is -9.50. The van der Waals surface area contributed by atoms with Crippen LogP contribution in [0.5, 0.6) is 5.75 Å². The zero-order valence-electron chi connectivity index (χ0n) is 20.6. The fourth-order valence-electron chi connectivity index (χ4n) is 6.72. The number of carbonyl (C=O) groups is 4. The van der Waals surface area contributed by atoms with Crippen LogP contribution in [0, 0.1) is 21.3 Å². The number of carbonyl (C=O) groups excluding carboxylic acids is 4. The van der Waals surface area contributed by atoms with Gasteiger partial charge in [0, 0.05) is 27.4 Å². The molecule has 2 fully saturated rings. The van der Waals surface area contributed by atoms with E-state index in [4.69, 9.17) is 10.5 Å². The number of esters is 1. The van der Waals surface area contributed by atoms with Crippen molar-refractivity contribution in [2.45, 2.75) is 63.1 Å². The van der Waals surface area contributed by atoms with Gasteiger partial charge in [-0.25, -0.2) is 0 Å². The van der Waals surface area contributed by atoms with Crippen molar-refractivity contribution in [2.24, 2.45) is 23.5 Å². The molecule has 4 aliphatic rings. The summed E-state index contributed by atoms with van der Waals surface area (Å²) in [6, 6.07) is 3.00. The first kappa shape index (κ1) is 26.7. The highest BCUT2D eigenvalue weighted by atomic mass is 127. The number of benzene rings is 1. The quantitative estimate of drug-likeness (QED) is 0.189. The minimum Gasteiger partial charge on any atom is -0.508 e. The van der Waals surface area contributed by atoms with Crippen LogP contribution in [0.4, 0.5) is 0 Å². The Labute approximate surface area is 231 Å². The number of hydrogen-bond donors (Lipinski definition) is 5. The van der Waals surface area contributed by atoms with E-state index >= 15 is 0 Å². The number of nitrogens with two attached hydrogens (primary N) is 1. The average Bonchev–Trinajstić information content (AvgIpc) is 2.87. The summed E-state index contributed by atoms with van der Waals surface area (Å²) in [5.41, 5.74) is 1.68. The second kappa shape index (κ2) is 9.37. The molecule has 0 aliphatic heterocycles. The number of phenolic OH excluding ortho intramolecular Hbond substituents is 1. The Morgan fingerprint density at radius 3 is 2.39 bits per heavy atom. The van der Waals surface area contributed by atoms with Gasteiger partial charge in [-0.15, -0.1) is 0 Å². The molecule has 1 amide bonds. The maximum Gasteiger partial charge on any atom is 0.309 e. The van der Waals surface area contributed by atoms with Gasteiger partial charge >= 0.3 is 5.97 Å². The summed E-state index contributed by atoms with van der Waals surface area (Å²) in [6.45, 7) is 1.74. The lowest BCUT2D eigenvalue weighted by Gasteiger charge is -2.51. The molecule has 0 aromatic heterocycles. The fourth-order valence-corrected chi connectivity index (χ4v) is 7.66. The summed E-state index contributed by atoms with van der Waals surface area (Å²) in [7, 11) is 0. The molecule has 1 aromatic rings. The number of hydrogen-bond acceptors (Lipinski definition) is 9. The van der Waals surface area contributed by atoms with E-state index < -0.39 is 82.3 Å². The second-order valence-corrected chi connectivity index (χ2v) is 11.7. The first-order valence-electron chi connectivity index (χ1n) is 12.6. The molecule has 1 aromatic carbocycles. The Morgan fingerprint density at radius 1 is 1.11 bits per heavy atom. The highest BCUT2D eigenvalue weighted by Gasteiger charge is 2.66. The topological polar surface area (TPSA) is 184 Å². The lowest BCUT2D eigenvalue weighted by Crippen LogP contribution is -2.64. The van der Waals surface area contributed by atoms with Gasteiger partial charge in [0.1, 0.15) is 28.9 Å². The largest absolute Gasteiger partial charge is 0.508 e. The summed E-state index contributed by atoms with van der Waals surface area (Å²) in [4.78, 5) is 52.2. The number of amides is 1. The summed E-state index contributed by atoms with van der Waals surface area (Å²) < 4.78 is 6.69. The fraction of sp³-hybridized carbons (Fsp3) is 0.481. The van der Waals surface area contributed by atoms with E-state index in [0.29, 0.717) is 22.0 Å². The average molecular weight is 637 g/mol. The molecule has 0 radical (unpaired) electrons. The molecule has 10 nitrogen and oxygen atoms in total. The SMILES string of the molecule is C[C@H]1c2c(I)ccc(O)c2C(O)=C2C(=O)[C@]3(O)C(O)=C(C(N)=O)C(=O)C[C@@H]3[C@@H](OC(=O)C3CCCCC3)[C@@H]21. The summed E-state index contributed by atoms with van der Waals surface area (Å²) in [6.07, 6.45) is 2.00. The molecular formula is C27H28INO9.